The lowest BCUT2D eigenvalue weighted by Gasteiger charge is -2.36. The van der Waals surface area contributed by atoms with Crippen molar-refractivity contribution in [2.75, 3.05) is 51.3 Å². The largest absolute Gasteiger partial charge is 0.496 e. The number of carbonyl (C=O) groups excluding carboxylic acids is 1. The minimum Gasteiger partial charge on any atom is -0.496 e. The van der Waals surface area contributed by atoms with Gasteiger partial charge >= 0.3 is 0 Å². The van der Waals surface area contributed by atoms with Crippen LogP contribution in [0.3, 0.4) is 0 Å². The maximum atomic E-state index is 13.4. The number of hydrogen-bond donors (Lipinski definition) is 0. The molecule has 0 N–H and O–H groups in total. The Balaban J connectivity index is 1.53. The van der Waals surface area contributed by atoms with Gasteiger partial charge in [-0.3, -0.25) is 4.79 Å². The van der Waals surface area contributed by atoms with Gasteiger partial charge in [-0.2, -0.15) is 9.57 Å². The highest BCUT2D eigenvalue weighted by atomic mass is 32.2. The second kappa shape index (κ2) is 10.4. The molecular weight excluding hydrogens is 454 g/mol. The number of anilines is 1. The Morgan fingerprint density at radius 3 is 2.38 bits per heavy atom. The van der Waals surface area contributed by atoms with Crippen LogP contribution in [0.2, 0.25) is 0 Å². The van der Waals surface area contributed by atoms with Crippen LogP contribution in [0.5, 0.6) is 5.75 Å². The van der Waals surface area contributed by atoms with Gasteiger partial charge in [0.15, 0.2) is 0 Å². The Labute approximate surface area is 200 Å². The van der Waals surface area contributed by atoms with E-state index in [0.29, 0.717) is 56.4 Å². The lowest BCUT2D eigenvalue weighted by atomic mass is 10.1. The lowest BCUT2D eigenvalue weighted by molar-refractivity contribution is 0.0743. The van der Waals surface area contributed by atoms with Crippen LogP contribution in [0, 0.1) is 11.3 Å². The average Bonchev–Trinajstić information content (AvgIpc) is 3.18. The third kappa shape index (κ3) is 4.86. The summed E-state index contributed by atoms with van der Waals surface area (Å²) in [6.45, 7) is 2.88. The maximum absolute atomic E-state index is 13.4. The van der Waals surface area contributed by atoms with Crippen LogP contribution in [0.4, 0.5) is 5.82 Å². The van der Waals surface area contributed by atoms with Gasteiger partial charge in [-0.15, -0.1) is 0 Å². The van der Waals surface area contributed by atoms with Crippen LogP contribution in [0.15, 0.2) is 41.4 Å². The van der Waals surface area contributed by atoms with E-state index in [1.54, 1.807) is 29.3 Å². The van der Waals surface area contributed by atoms with Crippen LogP contribution < -0.4 is 9.64 Å². The van der Waals surface area contributed by atoms with Crippen LogP contribution in [-0.4, -0.2) is 74.9 Å². The van der Waals surface area contributed by atoms with Gasteiger partial charge in [-0.25, -0.2) is 13.4 Å². The van der Waals surface area contributed by atoms with E-state index in [1.165, 1.54) is 23.5 Å². The third-order valence-corrected chi connectivity index (χ3v) is 8.27. The number of nitriles is 1. The summed E-state index contributed by atoms with van der Waals surface area (Å²) < 4.78 is 33.5. The predicted octanol–water partition coefficient (Wildman–Crippen LogP) is 2.49. The van der Waals surface area contributed by atoms with E-state index in [9.17, 15) is 18.5 Å². The highest BCUT2D eigenvalue weighted by Gasteiger charge is 2.30. The van der Waals surface area contributed by atoms with Gasteiger partial charge in [-0.05, 0) is 43.2 Å². The summed E-state index contributed by atoms with van der Waals surface area (Å²) in [6, 6.07) is 10.1. The van der Waals surface area contributed by atoms with Crippen molar-refractivity contribution < 1.29 is 17.9 Å². The van der Waals surface area contributed by atoms with E-state index in [2.05, 4.69) is 11.1 Å². The summed E-state index contributed by atoms with van der Waals surface area (Å²) in [5.74, 6) is 0.685. The molecule has 0 unspecified atom stereocenters. The minimum absolute atomic E-state index is 0.115. The number of methoxy groups -OCH3 is 1. The molecular formula is C24H29N5O4S. The molecule has 2 aliphatic heterocycles. The number of piperazine rings is 1. The summed E-state index contributed by atoms with van der Waals surface area (Å²) in [5.41, 5.74) is 0.734. The van der Waals surface area contributed by atoms with Gasteiger partial charge in [0.1, 0.15) is 17.6 Å². The number of nitrogens with zero attached hydrogens (tertiary/aromatic N) is 5. The summed E-state index contributed by atoms with van der Waals surface area (Å²) in [7, 11) is -2.22. The second-order valence-electron chi connectivity index (χ2n) is 8.45. The number of pyridine rings is 1. The number of ether oxygens (including phenoxy) is 1. The fourth-order valence-electron chi connectivity index (χ4n) is 4.47. The Morgan fingerprint density at radius 2 is 1.74 bits per heavy atom. The van der Waals surface area contributed by atoms with E-state index in [0.717, 1.165) is 25.7 Å². The zero-order valence-electron chi connectivity index (χ0n) is 19.3. The van der Waals surface area contributed by atoms with Crippen LogP contribution in [0.1, 0.15) is 41.6 Å². The molecule has 9 nitrogen and oxygen atoms in total. The first-order valence-corrected chi connectivity index (χ1v) is 13.0. The lowest BCUT2D eigenvalue weighted by Crippen LogP contribution is -2.49. The van der Waals surface area contributed by atoms with Crippen molar-refractivity contribution in [1.29, 1.82) is 5.26 Å². The monoisotopic (exact) mass is 483 g/mol. The fourth-order valence-corrected chi connectivity index (χ4v) is 6.02. The van der Waals surface area contributed by atoms with Crippen molar-refractivity contribution in [3.63, 3.8) is 0 Å². The van der Waals surface area contributed by atoms with E-state index in [-0.39, 0.29) is 16.4 Å². The predicted molar refractivity (Wildman–Crippen MR) is 127 cm³/mol. The summed E-state index contributed by atoms with van der Waals surface area (Å²) >= 11 is 0. The molecule has 0 radical (unpaired) electrons. The Bertz CT molecular complexity index is 1180. The normalized spacial score (nSPS) is 17.6. The first-order chi connectivity index (χ1) is 16.5. The van der Waals surface area contributed by atoms with Gasteiger partial charge in [0.2, 0.25) is 10.0 Å². The minimum atomic E-state index is -3.69. The molecule has 34 heavy (non-hydrogen) atoms. The first kappa shape index (κ1) is 24.0. The summed E-state index contributed by atoms with van der Waals surface area (Å²) in [4.78, 5) is 21.5. The molecule has 1 amide bonds. The van der Waals surface area contributed by atoms with E-state index in [1.807, 2.05) is 4.90 Å². The van der Waals surface area contributed by atoms with Crippen LogP contribution in [0.25, 0.3) is 0 Å². The molecule has 2 saturated heterocycles. The molecule has 0 spiro atoms. The average molecular weight is 484 g/mol. The van der Waals surface area contributed by atoms with E-state index >= 15 is 0 Å². The van der Waals surface area contributed by atoms with Crippen LogP contribution >= 0.6 is 0 Å². The molecule has 1 aromatic carbocycles. The zero-order valence-corrected chi connectivity index (χ0v) is 20.1. The van der Waals surface area contributed by atoms with E-state index < -0.39 is 10.0 Å². The topological polar surface area (TPSA) is 107 Å². The zero-order chi connectivity index (χ0) is 24.1. The molecule has 0 bridgehead atoms. The molecule has 3 heterocycles. The van der Waals surface area contributed by atoms with Crippen molar-refractivity contribution in [2.45, 2.75) is 30.6 Å². The van der Waals surface area contributed by atoms with Gasteiger partial charge in [0.25, 0.3) is 5.91 Å². The molecule has 2 aliphatic rings. The standard InChI is InChI=1S/C24H29N5O4S/c1-33-22-9-8-20(34(31,32)29-11-4-2-3-5-12-29)17-21(22)24(30)28-15-13-27(14-16-28)23-19(18-25)7-6-10-26-23/h6-10,17H,2-5,11-16H2,1H3. The van der Waals surface area contributed by atoms with Crippen molar-refractivity contribution >= 4 is 21.7 Å². The van der Waals surface area contributed by atoms with Crippen molar-refractivity contribution in [2.24, 2.45) is 0 Å². The fraction of sp³-hybridized carbons (Fsp3) is 0.458. The smallest absolute Gasteiger partial charge is 0.257 e. The number of aromatic nitrogens is 1. The summed E-state index contributed by atoms with van der Waals surface area (Å²) in [5, 5.41) is 9.35. The van der Waals surface area contributed by atoms with Gasteiger partial charge in [0, 0.05) is 45.5 Å². The Kier molecular flexibility index (Phi) is 7.34. The van der Waals surface area contributed by atoms with Crippen LogP contribution in [-0.2, 0) is 10.0 Å². The first-order valence-electron chi connectivity index (χ1n) is 11.5. The number of rotatable bonds is 5. The van der Waals surface area contributed by atoms with Gasteiger partial charge in [-0.1, -0.05) is 12.8 Å². The SMILES string of the molecule is COc1ccc(S(=O)(=O)N2CCCCCC2)cc1C(=O)N1CCN(c2ncccc2C#N)CC1. The van der Waals surface area contributed by atoms with E-state index in [4.69, 9.17) is 4.74 Å². The highest BCUT2D eigenvalue weighted by Crippen LogP contribution is 2.28. The molecule has 2 fully saturated rings. The maximum Gasteiger partial charge on any atom is 0.257 e. The molecule has 4 rings (SSSR count). The van der Waals surface area contributed by atoms with Gasteiger partial charge < -0.3 is 14.5 Å². The number of benzene rings is 1. The molecule has 10 heteroatoms. The number of hydrogen-bond acceptors (Lipinski definition) is 7. The molecule has 1 aromatic heterocycles. The molecule has 0 aliphatic carbocycles. The highest BCUT2D eigenvalue weighted by molar-refractivity contribution is 7.89. The number of carbonyl (C=O) groups is 1. The third-order valence-electron chi connectivity index (χ3n) is 6.38. The van der Waals surface area contributed by atoms with Gasteiger partial charge in [0.05, 0.1) is 23.1 Å². The molecule has 0 saturated carbocycles. The Morgan fingerprint density at radius 1 is 1.03 bits per heavy atom. The van der Waals surface area contributed by atoms with Crippen molar-refractivity contribution in [3.05, 3.63) is 47.7 Å². The molecule has 2 aromatic rings. The number of amides is 1. The Hall–Kier alpha value is -3.16. The van der Waals surface area contributed by atoms with Crippen molar-refractivity contribution in [1.82, 2.24) is 14.2 Å². The summed E-state index contributed by atoms with van der Waals surface area (Å²) in [6.07, 6.45) is 5.39. The molecule has 0 atom stereocenters. The van der Waals surface area contributed by atoms with Crippen molar-refractivity contribution in [3.8, 4) is 11.8 Å². The second-order valence-corrected chi connectivity index (χ2v) is 10.4. The number of sulfonamides is 1. The molecule has 180 valence electrons. The quantitative estimate of drug-likeness (QED) is 0.643.